The summed E-state index contributed by atoms with van der Waals surface area (Å²) < 4.78 is 13.4. The number of halogens is 1. The molecule has 2 spiro atoms. The molecule has 9 heteroatoms. The fourth-order valence-corrected chi connectivity index (χ4v) is 8.27. The van der Waals surface area contributed by atoms with Crippen LogP contribution < -0.4 is 10.2 Å². The minimum absolute atomic E-state index is 0.0731. The van der Waals surface area contributed by atoms with Crippen molar-refractivity contribution in [2.45, 2.75) is 29.3 Å². The van der Waals surface area contributed by atoms with E-state index in [1.807, 2.05) is 91.0 Å². The Morgan fingerprint density at radius 1 is 0.762 bits per heavy atom. The van der Waals surface area contributed by atoms with Gasteiger partial charge in [-0.2, -0.15) is 0 Å². The molecule has 0 bridgehead atoms. The van der Waals surface area contributed by atoms with Gasteiger partial charge in [0.05, 0.1) is 24.7 Å². The van der Waals surface area contributed by atoms with Crippen molar-refractivity contribution in [3.8, 4) is 0 Å². The molecule has 3 heterocycles. The summed E-state index contributed by atoms with van der Waals surface area (Å²) in [7, 11) is 0. The average molecular weight is 594 g/mol. The molecule has 4 aromatic rings. The first-order valence-corrected chi connectivity index (χ1v) is 14.7. The zero-order chi connectivity index (χ0) is 29.1. The third-order valence-electron chi connectivity index (χ3n) is 8.28. The van der Waals surface area contributed by atoms with Crippen LogP contribution in [-0.4, -0.2) is 31.7 Å². The second-order valence-electron chi connectivity index (χ2n) is 10.6. The highest BCUT2D eigenvalue weighted by Crippen LogP contribution is 2.62. The smallest absolute Gasteiger partial charge is 0.290 e. The third kappa shape index (κ3) is 3.77. The van der Waals surface area contributed by atoms with Gasteiger partial charge in [-0.15, -0.1) is 0 Å². The number of anilines is 1. The Balaban J connectivity index is 1.41. The fraction of sp³-hybridized carbons (Fsp3) is 0.152. The molecule has 4 aromatic carbocycles. The van der Waals surface area contributed by atoms with Crippen molar-refractivity contribution in [3.63, 3.8) is 0 Å². The van der Waals surface area contributed by atoms with Gasteiger partial charge >= 0.3 is 0 Å². The highest BCUT2D eigenvalue weighted by molar-refractivity contribution is 8.17. The zero-order valence-corrected chi connectivity index (χ0v) is 23.8. The lowest BCUT2D eigenvalue weighted by Gasteiger charge is -2.35. The zero-order valence-electron chi connectivity index (χ0n) is 22.2. The van der Waals surface area contributed by atoms with Crippen LogP contribution in [-0.2, 0) is 28.2 Å². The lowest BCUT2D eigenvalue weighted by Crippen LogP contribution is -2.52. The molecule has 2 saturated heterocycles. The van der Waals surface area contributed by atoms with Crippen molar-refractivity contribution in [1.82, 2.24) is 10.2 Å². The molecule has 0 unspecified atom stereocenters. The molecule has 0 radical (unpaired) electrons. The van der Waals surface area contributed by atoms with Gasteiger partial charge in [0.15, 0.2) is 10.3 Å². The molecule has 0 aromatic heterocycles. The number of rotatable bonds is 5. The van der Waals surface area contributed by atoms with Gasteiger partial charge in [0.1, 0.15) is 10.8 Å². The summed E-state index contributed by atoms with van der Waals surface area (Å²) in [4.78, 5) is 45.8. The summed E-state index contributed by atoms with van der Waals surface area (Å²) in [6.45, 7) is 0.312. The van der Waals surface area contributed by atoms with Gasteiger partial charge in [-0.3, -0.25) is 19.3 Å². The number of benzene rings is 4. The van der Waals surface area contributed by atoms with Crippen LogP contribution in [0.25, 0.3) is 0 Å². The Morgan fingerprint density at radius 3 is 1.95 bits per heavy atom. The topological polar surface area (TPSA) is 69.7 Å². The Hall–Kier alpha value is -4.34. The van der Waals surface area contributed by atoms with Crippen molar-refractivity contribution in [1.29, 1.82) is 0 Å². The van der Waals surface area contributed by atoms with Crippen molar-refractivity contribution >= 4 is 51.7 Å². The van der Waals surface area contributed by atoms with Gasteiger partial charge in [-0.1, -0.05) is 103 Å². The first-order valence-electron chi connectivity index (χ1n) is 13.5. The number of hydrogen-bond acceptors (Lipinski definition) is 5. The van der Waals surface area contributed by atoms with E-state index >= 15 is 0 Å². The standard InChI is InChI=1S/C33H24FN3O3S2/c34-24-16-17-26-25(18-24)32(29(38)36(26)19-21-10-4-1-5-11-21)27(23-14-8-3-9-15-23)33(28(41)35-32)30(39)37(31(40)42-33)20-22-12-6-2-7-13-22/h1-18,27H,19-20H2,(H,35,41)/t27-,32+,33-/m1/s1. The molecular formula is C33H24FN3O3S2. The molecule has 7 rings (SSSR count). The van der Waals surface area contributed by atoms with Crippen LogP contribution in [0.4, 0.5) is 14.9 Å². The van der Waals surface area contributed by atoms with Crippen LogP contribution in [0.1, 0.15) is 28.2 Å². The molecule has 3 amide bonds. The van der Waals surface area contributed by atoms with Crippen LogP contribution in [0.3, 0.4) is 0 Å². The minimum atomic E-state index is -1.61. The summed E-state index contributed by atoms with van der Waals surface area (Å²) in [5, 5.41) is 2.80. The van der Waals surface area contributed by atoms with Gasteiger partial charge in [0.2, 0.25) is 0 Å². The number of hydrogen-bond donors (Lipinski definition) is 1. The molecule has 1 N–H and O–H groups in total. The summed E-state index contributed by atoms with van der Waals surface area (Å²) in [5.41, 5.74) is 1.62. The van der Waals surface area contributed by atoms with Gasteiger partial charge in [0.25, 0.3) is 17.1 Å². The number of thiocarbonyl (C=S) groups is 1. The summed E-state index contributed by atoms with van der Waals surface area (Å²) in [6.07, 6.45) is 0. The van der Waals surface area contributed by atoms with Crippen molar-refractivity contribution in [2.24, 2.45) is 0 Å². The molecule has 3 atom stereocenters. The predicted molar refractivity (Wildman–Crippen MR) is 163 cm³/mol. The summed E-state index contributed by atoms with van der Waals surface area (Å²) >= 11 is 6.75. The van der Waals surface area contributed by atoms with Gasteiger partial charge < -0.3 is 10.2 Å². The van der Waals surface area contributed by atoms with E-state index in [2.05, 4.69) is 5.32 Å². The van der Waals surface area contributed by atoms with Crippen LogP contribution in [0, 0.1) is 5.82 Å². The van der Waals surface area contributed by atoms with E-state index in [9.17, 15) is 18.8 Å². The third-order valence-corrected chi connectivity index (χ3v) is 10.2. The second-order valence-corrected chi connectivity index (χ2v) is 12.2. The molecule has 3 aliphatic heterocycles. The van der Waals surface area contributed by atoms with E-state index in [-0.39, 0.29) is 24.0 Å². The molecule has 42 heavy (non-hydrogen) atoms. The monoisotopic (exact) mass is 593 g/mol. The Kier molecular flexibility index (Phi) is 6.25. The predicted octanol–water partition coefficient (Wildman–Crippen LogP) is 5.92. The molecule has 0 saturated carbocycles. The average Bonchev–Trinajstić information content (AvgIpc) is 3.51. The molecule has 6 nitrogen and oxygen atoms in total. The normalized spacial score (nSPS) is 24.6. The van der Waals surface area contributed by atoms with E-state index in [1.165, 1.54) is 17.0 Å². The number of carbonyl (C=O) groups excluding carboxylic acids is 3. The lowest BCUT2D eigenvalue weighted by atomic mass is 9.71. The maximum Gasteiger partial charge on any atom is 0.290 e. The maximum absolute atomic E-state index is 15.0. The molecule has 208 valence electrons. The molecule has 3 aliphatic rings. The number of fused-ring (bicyclic) bond motifs is 2. The van der Waals surface area contributed by atoms with Crippen LogP contribution in [0.5, 0.6) is 0 Å². The van der Waals surface area contributed by atoms with Crippen LogP contribution >= 0.6 is 24.0 Å². The van der Waals surface area contributed by atoms with E-state index in [1.54, 1.807) is 11.0 Å². The van der Waals surface area contributed by atoms with E-state index in [0.717, 1.165) is 22.9 Å². The number of nitrogens with zero attached hydrogens (tertiary/aromatic N) is 2. The van der Waals surface area contributed by atoms with E-state index < -0.39 is 33.2 Å². The van der Waals surface area contributed by atoms with Crippen molar-refractivity contribution in [3.05, 3.63) is 137 Å². The van der Waals surface area contributed by atoms with Crippen molar-refractivity contribution in [2.75, 3.05) is 4.90 Å². The number of amides is 3. The fourth-order valence-electron chi connectivity index (χ4n) is 6.48. The van der Waals surface area contributed by atoms with Crippen LogP contribution in [0.15, 0.2) is 109 Å². The second kappa shape index (κ2) is 9.89. The van der Waals surface area contributed by atoms with Gasteiger partial charge in [0, 0.05) is 5.56 Å². The highest BCUT2D eigenvalue weighted by Gasteiger charge is 2.75. The Morgan fingerprint density at radius 2 is 1.33 bits per heavy atom. The van der Waals surface area contributed by atoms with Gasteiger partial charge in [-0.05, 0) is 46.7 Å². The number of nitrogens with one attached hydrogen (secondary N) is 1. The van der Waals surface area contributed by atoms with Gasteiger partial charge in [-0.25, -0.2) is 4.39 Å². The first-order chi connectivity index (χ1) is 20.4. The largest absolute Gasteiger partial charge is 0.360 e. The Labute approximate surface area is 251 Å². The summed E-state index contributed by atoms with van der Waals surface area (Å²) in [6, 6.07) is 32.1. The highest BCUT2D eigenvalue weighted by atomic mass is 32.2. The van der Waals surface area contributed by atoms with E-state index in [0.29, 0.717) is 16.8 Å². The SMILES string of the molecule is O=C1S[C@@]2(C(=O)N1Cc1ccccc1)C(=S)N[C@]1(C(=O)N(Cc3ccccc3)c3ccc(F)cc31)[C@H]2c1ccccc1. The van der Waals surface area contributed by atoms with E-state index in [4.69, 9.17) is 12.2 Å². The number of imide groups is 1. The Bertz CT molecular complexity index is 1750. The molecular weight excluding hydrogens is 570 g/mol. The molecule has 2 fully saturated rings. The van der Waals surface area contributed by atoms with Crippen LogP contribution in [0.2, 0.25) is 0 Å². The quantitative estimate of drug-likeness (QED) is 0.290. The number of thioether (sulfide) groups is 1. The summed E-state index contributed by atoms with van der Waals surface area (Å²) in [5.74, 6) is -2.30. The van der Waals surface area contributed by atoms with Crippen molar-refractivity contribution < 1.29 is 18.8 Å². The first kappa shape index (κ1) is 26.6. The molecule has 0 aliphatic carbocycles. The number of carbonyl (C=O) groups is 3. The lowest BCUT2D eigenvalue weighted by molar-refractivity contribution is -0.129. The maximum atomic E-state index is 15.0. The minimum Gasteiger partial charge on any atom is -0.360 e.